The highest BCUT2D eigenvalue weighted by atomic mass is 35.5. The average Bonchev–Trinajstić information content (AvgIpc) is 3.29. The number of hydrogen-bond acceptors (Lipinski definition) is 3. The van der Waals surface area contributed by atoms with Gasteiger partial charge in [0.15, 0.2) is 0 Å². The molecule has 1 aromatic heterocycles. The van der Waals surface area contributed by atoms with Crippen LogP contribution in [0.4, 0.5) is 4.39 Å². The fourth-order valence-electron chi connectivity index (χ4n) is 4.52. The molecule has 4 unspecified atom stereocenters. The van der Waals surface area contributed by atoms with Crippen LogP contribution >= 0.6 is 24.8 Å². The Kier molecular flexibility index (Phi) is 6.89. The molecule has 2 aliphatic carbocycles. The molecule has 4 rings (SSSR count). The number of imidazole rings is 1. The van der Waals surface area contributed by atoms with Crippen LogP contribution in [0.5, 0.6) is 0 Å². The number of halogens is 3. The minimum absolute atomic E-state index is 0. The topological polar surface area (TPSA) is 72.9 Å². The highest BCUT2D eigenvalue weighted by Crippen LogP contribution is 2.47. The minimum atomic E-state index is -0.329. The normalized spacial score (nSPS) is 25.6. The molecule has 1 heterocycles. The van der Waals surface area contributed by atoms with Crippen LogP contribution in [0.15, 0.2) is 30.6 Å². The molecule has 1 amide bonds. The number of benzene rings is 1. The summed E-state index contributed by atoms with van der Waals surface area (Å²) < 4.78 is 16.1. The van der Waals surface area contributed by atoms with E-state index in [1.807, 2.05) is 13.0 Å². The van der Waals surface area contributed by atoms with E-state index in [4.69, 9.17) is 5.73 Å². The summed E-state index contributed by atoms with van der Waals surface area (Å²) in [5.41, 5.74) is 7.42. The van der Waals surface area contributed by atoms with Gasteiger partial charge in [-0.1, -0.05) is 6.07 Å². The Hall–Kier alpha value is -1.63. The lowest BCUT2D eigenvalue weighted by Gasteiger charge is -2.27. The molecule has 2 fully saturated rings. The van der Waals surface area contributed by atoms with E-state index < -0.39 is 0 Å². The van der Waals surface area contributed by atoms with Crippen LogP contribution in [0.3, 0.4) is 0 Å². The van der Waals surface area contributed by atoms with Crippen molar-refractivity contribution in [2.75, 3.05) is 0 Å². The summed E-state index contributed by atoms with van der Waals surface area (Å²) >= 11 is 0. The molecule has 148 valence electrons. The molecule has 2 bridgehead atoms. The molecule has 3 N–H and O–H groups in total. The number of nitrogens with two attached hydrogens (primary N) is 1. The van der Waals surface area contributed by atoms with E-state index in [1.165, 1.54) is 6.07 Å². The van der Waals surface area contributed by atoms with Crippen molar-refractivity contribution in [3.8, 4) is 5.69 Å². The first kappa shape index (κ1) is 21.7. The number of aromatic nitrogens is 2. The standard InChI is InChI=1S/C19H23FN4O.2ClH/c1-11-22-6-7-24(11)16-5-2-12(8-15(16)20)10-23-19(25)17-13-3-4-14(9-13)18(17)21;;/h2,5-8,13-14,17-18H,3-4,9-10,21H2,1H3,(H,23,25);2*1H. The molecule has 4 atom stereocenters. The first-order chi connectivity index (χ1) is 12.0. The molecule has 27 heavy (non-hydrogen) atoms. The molecule has 2 saturated carbocycles. The maximum absolute atomic E-state index is 14.4. The lowest BCUT2D eigenvalue weighted by molar-refractivity contribution is -0.127. The van der Waals surface area contributed by atoms with Crippen LogP contribution < -0.4 is 11.1 Å². The van der Waals surface area contributed by atoms with Gasteiger partial charge in [-0.25, -0.2) is 9.37 Å². The molecule has 1 aromatic carbocycles. The first-order valence-corrected chi connectivity index (χ1v) is 8.86. The second-order valence-corrected chi connectivity index (χ2v) is 7.28. The largest absolute Gasteiger partial charge is 0.352 e. The van der Waals surface area contributed by atoms with Crippen LogP contribution in [-0.4, -0.2) is 21.5 Å². The highest BCUT2D eigenvalue weighted by molar-refractivity contribution is 5.85. The summed E-state index contributed by atoms with van der Waals surface area (Å²) in [6.07, 6.45) is 6.69. The quantitative estimate of drug-likeness (QED) is 0.806. The Morgan fingerprint density at radius 2 is 2.07 bits per heavy atom. The van der Waals surface area contributed by atoms with Crippen LogP contribution in [0.1, 0.15) is 30.7 Å². The summed E-state index contributed by atoms with van der Waals surface area (Å²) in [5.74, 6) is 1.24. The van der Waals surface area contributed by atoms with Crippen molar-refractivity contribution in [1.29, 1.82) is 0 Å². The third-order valence-corrected chi connectivity index (χ3v) is 5.85. The van der Waals surface area contributed by atoms with Crippen molar-refractivity contribution >= 4 is 30.7 Å². The number of hydrogen-bond donors (Lipinski definition) is 2. The summed E-state index contributed by atoms with van der Waals surface area (Å²) in [6.45, 7) is 2.14. The van der Waals surface area contributed by atoms with Gasteiger partial charge in [0.25, 0.3) is 0 Å². The Labute approximate surface area is 170 Å². The number of carbonyl (C=O) groups is 1. The second-order valence-electron chi connectivity index (χ2n) is 7.28. The minimum Gasteiger partial charge on any atom is -0.352 e. The number of nitrogens with one attached hydrogen (secondary N) is 1. The van der Waals surface area contributed by atoms with E-state index in [0.717, 1.165) is 30.7 Å². The number of amides is 1. The average molecular weight is 415 g/mol. The van der Waals surface area contributed by atoms with Crippen LogP contribution in [0, 0.1) is 30.5 Å². The Morgan fingerprint density at radius 1 is 1.33 bits per heavy atom. The number of carbonyl (C=O) groups excluding carboxylic acids is 1. The maximum Gasteiger partial charge on any atom is 0.225 e. The molecule has 0 spiro atoms. The van der Waals surface area contributed by atoms with E-state index in [-0.39, 0.29) is 48.5 Å². The van der Waals surface area contributed by atoms with E-state index in [0.29, 0.717) is 24.1 Å². The molecule has 8 heteroatoms. The van der Waals surface area contributed by atoms with Crippen LogP contribution in [0.2, 0.25) is 0 Å². The summed E-state index contributed by atoms with van der Waals surface area (Å²) in [6, 6.07) is 4.99. The molecular weight excluding hydrogens is 390 g/mol. The van der Waals surface area contributed by atoms with Gasteiger partial charge in [-0.05, 0) is 55.7 Å². The van der Waals surface area contributed by atoms with Gasteiger partial charge >= 0.3 is 0 Å². The highest BCUT2D eigenvalue weighted by Gasteiger charge is 2.48. The monoisotopic (exact) mass is 414 g/mol. The molecule has 0 saturated heterocycles. The zero-order valence-electron chi connectivity index (χ0n) is 15.1. The molecule has 2 aromatic rings. The van der Waals surface area contributed by atoms with Gasteiger partial charge in [-0.15, -0.1) is 24.8 Å². The summed E-state index contributed by atoms with van der Waals surface area (Å²) in [7, 11) is 0. The zero-order valence-corrected chi connectivity index (χ0v) is 16.7. The number of fused-ring (bicyclic) bond motifs is 2. The molecule has 0 radical (unpaired) electrons. The van der Waals surface area contributed by atoms with E-state index in [9.17, 15) is 9.18 Å². The van der Waals surface area contributed by atoms with Crippen molar-refractivity contribution in [2.45, 2.75) is 38.8 Å². The smallest absolute Gasteiger partial charge is 0.225 e. The molecule has 5 nitrogen and oxygen atoms in total. The van der Waals surface area contributed by atoms with Gasteiger partial charge in [0.1, 0.15) is 11.6 Å². The molecule has 0 aliphatic heterocycles. The van der Waals surface area contributed by atoms with E-state index in [1.54, 1.807) is 23.0 Å². The predicted molar refractivity (Wildman–Crippen MR) is 107 cm³/mol. The lowest BCUT2D eigenvalue weighted by Crippen LogP contribution is -2.45. The Balaban J connectivity index is 0.00000131. The van der Waals surface area contributed by atoms with Crippen molar-refractivity contribution in [3.05, 3.63) is 47.8 Å². The summed E-state index contributed by atoms with van der Waals surface area (Å²) in [5, 5.41) is 2.94. The second kappa shape index (κ2) is 8.59. The van der Waals surface area contributed by atoms with Crippen LogP contribution in [-0.2, 0) is 11.3 Å². The van der Waals surface area contributed by atoms with Crippen molar-refractivity contribution in [3.63, 3.8) is 0 Å². The third kappa shape index (κ3) is 3.98. The predicted octanol–water partition coefficient (Wildman–Crippen LogP) is 3.15. The lowest BCUT2D eigenvalue weighted by atomic mass is 9.84. The van der Waals surface area contributed by atoms with Crippen molar-refractivity contribution < 1.29 is 9.18 Å². The van der Waals surface area contributed by atoms with Gasteiger partial charge in [0.05, 0.1) is 11.6 Å². The van der Waals surface area contributed by atoms with Gasteiger partial charge in [-0.3, -0.25) is 4.79 Å². The van der Waals surface area contributed by atoms with E-state index in [2.05, 4.69) is 10.3 Å². The fourth-order valence-corrected chi connectivity index (χ4v) is 4.52. The zero-order chi connectivity index (χ0) is 17.6. The summed E-state index contributed by atoms with van der Waals surface area (Å²) in [4.78, 5) is 16.6. The number of nitrogens with zero attached hydrogens (tertiary/aromatic N) is 2. The van der Waals surface area contributed by atoms with E-state index >= 15 is 0 Å². The third-order valence-electron chi connectivity index (χ3n) is 5.85. The van der Waals surface area contributed by atoms with Gasteiger partial charge < -0.3 is 15.6 Å². The first-order valence-electron chi connectivity index (χ1n) is 8.86. The maximum atomic E-state index is 14.4. The Bertz CT molecular complexity index is 811. The molecular formula is C19H25Cl2FN4O. The van der Waals surface area contributed by atoms with Crippen molar-refractivity contribution in [2.24, 2.45) is 23.5 Å². The number of rotatable bonds is 4. The van der Waals surface area contributed by atoms with Gasteiger partial charge in [0.2, 0.25) is 5.91 Å². The van der Waals surface area contributed by atoms with Crippen LogP contribution in [0.25, 0.3) is 5.69 Å². The Morgan fingerprint density at radius 3 is 2.67 bits per heavy atom. The van der Waals surface area contributed by atoms with Crippen molar-refractivity contribution in [1.82, 2.24) is 14.9 Å². The van der Waals surface area contributed by atoms with Gasteiger partial charge in [0, 0.05) is 25.0 Å². The SMILES string of the molecule is Cc1nccn1-c1ccc(CNC(=O)C2C3CCC(C3)C2N)cc1F.Cl.Cl. The number of aryl methyl sites for hydroxylation is 1. The fraction of sp³-hybridized carbons (Fsp3) is 0.474. The molecule has 2 aliphatic rings. The van der Waals surface area contributed by atoms with Gasteiger partial charge in [-0.2, -0.15) is 0 Å².